The Labute approximate surface area is 123 Å². The van der Waals surface area contributed by atoms with Crippen molar-refractivity contribution in [2.24, 2.45) is 0 Å². The van der Waals surface area contributed by atoms with Gasteiger partial charge in [-0.1, -0.05) is 13.8 Å². The summed E-state index contributed by atoms with van der Waals surface area (Å²) in [5.41, 5.74) is 0.512. The maximum Gasteiger partial charge on any atom is 0.169 e. The van der Waals surface area contributed by atoms with Crippen molar-refractivity contribution in [2.45, 2.75) is 31.3 Å². The van der Waals surface area contributed by atoms with E-state index in [4.69, 9.17) is 4.74 Å². The molecule has 0 aliphatic heterocycles. The third-order valence-electron chi connectivity index (χ3n) is 2.80. The van der Waals surface area contributed by atoms with E-state index in [2.05, 4.69) is 9.97 Å². The summed E-state index contributed by atoms with van der Waals surface area (Å²) < 4.78 is 5.74. The van der Waals surface area contributed by atoms with Crippen molar-refractivity contribution in [1.82, 2.24) is 9.97 Å². The molecule has 0 aliphatic rings. The SMILES string of the molecule is CSc1ccc(Oc2cnc(C(C)C)nc2CO)cc1. The molecule has 0 radical (unpaired) electrons. The lowest BCUT2D eigenvalue weighted by atomic mass is 10.2. The van der Waals surface area contributed by atoms with Crippen molar-refractivity contribution >= 4 is 11.8 Å². The van der Waals surface area contributed by atoms with Gasteiger partial charge in [-0.15, -0.1) is 11.8 Å². The molecule has 2 aromatic rings. The Bertz CT molecular complexity index is 571. The molecule has 0 bridgehead atoms. The molecule has 1 heterocycles. The number of aromatic nitrogens is 2. The van der Waals surface area contributed by atoms with Crippen molar-refractivity contribution in [3.8, 4) is 11.5 Å². The van der Waals surface area contributed by atoms with E-state index in [1.807, 2.05) is 44.4 Å². The first kappa shape index (κ1) is 14.8. The number of nitrogens with zero attached hydrogens (tertiary/aromatic N) is 2. The fraction of sp³-hybridized carbons (Fsp3) is 0.333. The Kier molecular flexibility index (Phi) is 4.98. The van der Waals surface area contributed by atoms with Crippen molar-refractivity contribution in [1.29, 1.82) is 0 Å². The van der Waals surface area contributed by atoms with E-state index in [0.29, 0.717) is 23.0 Å². The lowest BCUT2D eigenvalue weighted by molar-refractivity contribution is 0.270. The van der Waals surface area contributed by atoms with E-state index >= 15 is 0 Å². The first-order valence-electron chi connectivity index (χ1n) is 6.42. The lowest BCUT2D eigenvalue weighted by Gasteiger charge is -2.11. The predicted molar refractivity (Wildman–Crippen MR) is 80.3 cm³/mol. The molecular weight excluding hydrogens is 272 g/mol. The quantitative estimate of drug-likeness (QED) is 0.853. The molecule has 0 unspecified atom stereocenters. The van der Waals surface area contributed by atoms with E-state index in [0.717, 1.165) is 0 Å². The lowest BCUT2D eigenvalue weighted by Crippen LogP contribution is -2.03. The Hall–Kier alpha value is -1.59. The molecule has 0 saturated carbocycles. The molecule has 5 heteroatoms. The van der Waals surface area contributed by atoms with Gasteiger partial charge >= 0.3 is 0 Å². The summed E-state index contributed by atoms with van der Waals surface area (Å²) in [5, 5.41) is 9.41. The number of hydrogen-bond donors (Lipinski definition) is 1. The van der Waals surface area contributed by atoms with Crippen LogP contribution in [0.2, 0.25) is 0 Å². The Morgan fingerprint density at radius 2 is 1.95 bits per heavy atom. The summed E-state index contributed by atoms with van der Waals surface area (Å²) in [6, 6.07) is 7.76. The minimum atomic E-state index is -0.166. The average molecular weight is 290 g/mol. The van der Waals surface area contributed by atoms with Gasteiger partial charge in [0.05, 0.1) is 12.8 Å². The number of aliphatic hydroxyl groups excluding tert-OH is 1. The number of hydrogen-bond acceptors (Lipinski definition) is 5. The van der Waals surface area contributed by atoms with Gasteiger partial charge in [-0.05, 0) is 30.5 Å². The summed E-state index contributed by atoms with van der Waals surface area (Å²) in [6.45, 7) is 3.86. The van der Waals surface area contributed by atoms with E-state index in [1.165, 1.54) is 4.90 Å². The highest BCUT2D eigenvalue weighted by atomic mass is 32.2. The molecule has 0 saturated heterocycles. The molecule has 0 fully saturated rings. The molecule has 0 spiro atoms. The zero-order valence-electron chi connectivity index (χ0n) is 11.8. The van der Waals surface area contributed by atoms with Crippen molar-refractivity contribution in [3.63, 3.8) is 0 Å². The molecule has 1 aromatic heterocycles. The third kappa shape index (κ3) is 3.49. The highest BCUT2D eigenvalue weighted by molar-refractivity contribution is 7.98. The zero-order chi connectivity index (χ0) is 14.5. The van der Waals surface area contributed by atoms with Crippen LogP contribution in [-0.4, -0.2) is 21.3 Å². The van der Waals surface area contributed by atoms with Gasteiger partial charge in [-0.2, -0.15) is 0 Å². The van der Waals surface area contributed by atoms with Crippen LogP contribution >= 0.6 is 11.8 Å². The number of benzene rings is 1. The summed E-state index contributed by atoms with van der Waals surface area (Å²) in [6.07, 6.45) is 3.65. The highest BCUT2D eigenvalue weighted by Crippen LogP contribution is 2.26. The number of rotatable bonds is 5. The standard InChI is InChI=1S/C15H18N2O2S/c1-10(2)15-16-8-14(13(9-18)17-15)19-11-4-6-12(20-3)7-5-11/h4-8,10,18H,9H2,1-3H3. The minimum Gasteiger partial charge on any atom is -0.454 e. The number of thioether (sulfide) groups is 1. The van der Waals surface area contributed by atoms with Gasteiger partial charge in [0.1, 0.15) is 17.3 Å². The van der Waals surface area contributed by atoms with Gasteiger partial charge < -0.3 is 9.84 Å². The molecule has 20 heavy (non-hydrogen) atoms. The smallest absolute Gasteiger partial charge is 0.169 e. The maximum absolute atomic E-state index is 9.41. The van der Waals surface area contributed by atoms with Gasteiger partial charge in [0.2, 0.25) is 0 Å². The minimum absolute atomic E-state index is 0.166. The van der Waals surface area contributed by atoms with E-state index in [9.17, 15) is 5.11 Å². The molecule has 0 amide bonds. The fourth-order valence-electron chi connectivity index (χ4n) is 1.67. The second-order valence-electron chi connectivity index (χ2n) is 4.63. The monoisotopic (exact) mass is 290 g/mol. The summed E-state index contributed by atoms with van der Waals surface area (Å²) in [5.74, 6) is 2.13. The number of aliphatic hydroxyl groups is 1. The summed E-state index contributed by atoms with van der Waals surface area (Å²) >= 11 is 1.68. The van der Waals surface area contributed by atoms with Gasteiger partial charge in [0, 0.05) is 10.8 Å². The number of ether oxygens (including phenoxy) is 1. The van der Waals surface area contributed by atoms with Crippen LogP contribution in [0.1, 0.15) is 31.3 Å². The van der Waals surface area contributed by atoms with Crippen LogP contribution in [-0.2, 0) is 6.61 Å². The predicted octanol–water partition coefficient (Wildman–Crippen LogP) is 3.61. The van der Waals surface area contributed by atoms with Crippen LogP contribution in [0.5, 0.6) is 11.5 Å². The summed E-state index contributed by atoms with van der Waals surface area (Å²) in [4.78, 5) is 9.77. The molecule has 0 atom stereocenters. The second kappa shape index (κ2) is 6.72. The fourth-order valence-corrected chi connectivity index (χ4v) is 2.08. The van der Waals surface area contributed by atoms with Crippen LogP contribution in [0.4, 0.5) is 0 Å². The van der Waals surface area contributed by atoms with Gasteiger partial charge in [-0.3, -0.25) is 0 Å². The summed E-state index contributed by atoms with van der Waals surface area (Å²) in [7, 11) is 0. The van der Waals surface area contributed by atoms with Crippen molar-refractivity contribution in [3.05, 3.63) is 42.0 Å². The molecule has 106 valence electrons. The van der Waals surface area contributed by atoms with E-state index in [1.54, 1.807) is 18.0 Å². The van der Waals surface area contributed by atoms with Crippen LogP contribution in [0.3, 0.4) is 0 Å². The molecule has 4 nitrogen and oxygen atoms in total. The van der Waals surface area contributed by atoms with Crippen LogP contribution in [0.15, 0.2) is 35.4 Å². The maximum atomic E-state index is 9.41. The van der Waals surface area contributed by atoms with Gasteiger partial charge in [0.25, 0.3) is 0 Å². The Morgan fingerprint density at radius 3 is 2.50 bits per heavy atom. The average Bonchev–Trinajstić information content (AvgIpc) is 2.48. The Morgan fingerprint density at radius 1 is 1.25 bits per heavy atom. The molecule has 2 rings (SSSR count). The van der Waals surface area contributed by atoms with Crippen LogP contribution in [0.25, 0.3) is 0 Å². The Balaban J connectivity index is 2.23. The normalized spacial score (nSPS) is 10.8. The van der Waals surface area contributed by atoms with Crippen LogP contribution < -0.4 is 4.74 Å². The van der Waals surface area contributed by atoms with Crippen LogP contribution in [0, 0.1) is 0 Å². The zero-order valence-corrected chi connectivity index (χ0v) is 12.6. The van der Waals surface area contributed by atoms with Crippen molar-refractivity contribution < 1.29 is 9.84 Å². The topological polar surface area (TPSA) is 55.2 Å². The van der Waals surface area contributed by atoms with E-state index < -0.39 is 0 Å². The largest absolute Gasteiger partial charge is 0.454 e. The molecule has 0 aliphatic carbocycles. The highest BCUT2D eigenvalue weighted by Gasteiger charge is 2.11. The van der Waals surface area contributed by atoms with Gasteiger partial charge in [-0.25, -0.2) is 9.97 Å². The first-order chi connectivity index (χ1) is 9.63. The van der Waals surface area contributed by atoms with Gasteiger partial charge in [0.15, 0.2) is 5.75 Å². The van der Waals surface area contributed by atoms with Crippen molar-refractivity contribution in [2.75, 3.05) is 6.26 Å². The van der Waals surface area contributed by atoms with E-state index in [-0.39, 0.29) is 12.5 Å². The molecule has 1 N–H and O–H groups in total. The second-order valence-corrected chi connectivity index (χ2v) is 5.51. The first-order valence-corrected chi connectivity index (χ1v) is 7.65. The molecule has 1 aromatic carbocycles. The third-order valence-corrected chi connectivity index (χ3v) is 3.54. The molecular formula is C15H18N2O2S.